The summed E-state index contributed by atoms with van der Waals surface area (Å²) in [5.41, 5.74) is 2.78. The maximum absolute atomic E-state index is 5.53. The second-order valence-electron chi connectivity index (χ2n) is 4.54. The van der Waals surface area contributed by atoms with Gasteiger partial charge >= 0.3 is 0 Å². The second kappa shape index (κ2) is 4.30. The van der Waals surface area contributed by atoms with E-state index in [1.807, 2.05) is 11.8 Å². The number of fused-ring (bicyclic) bond motifs is 1. The molecule has 1 saturated heterocycles. The first-order valence-corrected chi connectivity index (χ1v) is 6.92. The summed E-state index contributed by atoms with van der Waals surface area (Å²) >= 11 is 2.03. The fourth-order valence-corrected chi connectivity index (χ4v) is 3.57. The lowest BCUT2D eigenvalue weighted by atomic mass is 10.1. The molecule has 1 aromatic rings. The highest BCUT2D eigenvalue weighted by Crippen LogP contribution is 2.36. The molecule has 86 valence electrons. The van der Waals surface area contributed by atoms with Gasteiger partial charge in [-0.05, 0) is 36.2 Å². The molecule has 0 aliphatic carbocycles. The van der Waals surface area contributed by atoms with E-state index in [0.29, 0.717) is 5.37 Å². The molecular formula is C13H17NOS. The molecule has 2 nitrogen and oxygen atoms in total. The molecule has 1 aromatic carbocycles. The molecule has 0 bridgehead atoms. The highest BCUT2D eigenvalue weighted by Gasteiger charge is 2.22. The molecule has 1 N–H and O–H groups in total. The Bertz CT molecular complexity index is 394. The van der Waals surface area contributed by atoms with Crippen molar-refractivity contribution in [3.05, 3.63) is 29.3 Å². The van der Waals surface area contributed by atoms with Gasteiger partial charge in [0.05, 0.1) is 12.0 Å². The van der Waals surface area contributed by atoms with E-state index in [1.54, 1.807) is 0 Å². The van der Waals surface area contributed by atoms with E-state index in [-0.39, 0.29) is 0 Å². The summed E-state index contributed by atoms with van der Waals surface area (Å²) < 4.78 is 5.53. The molecule has 2 aliphatic rings. The number of benzene rings is 1. The number of hydrogen-bond donors (Lipinski definition) is 1. The van der Waals surface area contributed by atoms with Crippen LogP contribution in [0.5, 0.6) is 5.75 Å². The van der Waals surface area contributed by atoms with Crippen molar-refractivity contribution in [3.63, 3.8) is 0 Å². The SMILES string of the molecule is CC1CCNC(c2ccc3c(c2)CCO3)S1. The minimum Gasteiger partial charge on any atom is -0.493 e. The zero-order valence-electron chi connectivity index (χ0n) is 9.53. The van der Waals surface area contributed by atoms with Crippen LogP contribution in [-0.4, -0.2) is 18.4 Å². The maximum atomic E-state index is 5.53. The van der Waals surface area contributed by atoms with Crippen molar-refractivity contribution in [2.24, 2.45) is 0 Å². The largest absolute Gasteiger partial charge is 0.493 e. The van der Waals surface area contributed by atoms with Crippen LogP contribution in [0.15, 0.2) is 18.2 Å². The van der Waals surface area contributed by atoms with E-state index in [1.165, 1.54) is 17.5 Å². The molecule has 2 unspecified atom stereocenters. The van der Waals surface area contributed by atoms with Crippen LogP contribution in [-0.2, 0) is 6.42 Å². The number of thioether (sulfide) groups is 1. The van der Waals surface area contributed by atoms with Gasteiger partial charge in [0, 0.05) is 11.7 Å². The van der Waals surface area contributed by atoms with Crippen molar-refractivity contribution in [3.8, 4) is 5.75 Å². The third-order valence-corrected chi connectivity index (χ3v) is 4.68. The predicted molar refractivity (Wildman–Crippen MR) is 68.1 cm³/mol. The summed E-state index contributed by atoms with van der Waals surface area (Å²) in [6, 6.07) is 6.64. The van der Waals surface area contributed by atoms with Crippen molar-refractivity contribution in [2.45, 2.75) is 30.4 Å². The Labute approximate surface area is 101 Å². The second-order valence-corrected chi connectivity index (χ2v) is 6.08. The van der Waals surface area contributed by atoms with Crippen molar-refractivity contribution >= 4 is 11.8 Å². The smallest absolute Gasteiger partial charge is 0.122 e. The minimum absolute atomic E-state index is 0.467. The van der Waals surface area contributed by atoms with Crippen molar-refractivity contribution in [2.75, 3.05) is 13.2 Å². The highest BCUT2D eigenvalue weighted by atomic mass is 32.2. The summed E-state index contributed by atoms with van der Waals surface area (Å²) in [5, 5.41) is 4.81. The van der Waals surface area contributed by atoms with Crippen LogP contribution < -0.4 is 10.1 Å². The van der Waals surface area contributed by atoms with Gasteiger partial charge in [-0.1, -0.05) is 13.0 Å². The van der Waals surface area contributed by atoms with Gasteiger partial charge in [0.25, 0.3) is 0 Å². The number of nitrogens with one attached hydrogen (secondary N) is 1. The van der Waals surface area contributed by atoms with Crippen LogP contribution in [0.2, 0.25) is 0 Å². The van der Waals surface area contributed by atoms with Gasteiger partial charge < -0.3 is 10.1 Å². The zero-order chi connectivity index (χ0) is 11.0. The lowest BCUT2D eigenvalue weighted by molar-refractivity contribution is 0.357. The fourth-order valence-electron chi connectivity index (χ4n) is 2.33. The Morgan fingerprint density at radius 3 is 3.25 bits per heavy atom. The van der Waals surface area contributed by atoms with E-state index in [0.717, 1.165) is 30.6 Å². The van der Waals surface area contributed by atoms with Crippen LogP contribution in [0.3, 0.4) is 0 Å². The quantitative estimate of drug-likeness (QED) is 0.808. The number of hydrogen-bond acceptors (Lipinski definition) is 3. The Balaban J connectivity index is 1.83. The lowest BCUT2D eigenvalue weighted by Gasteiger charge is -2.28. The summed E-state index contributed by atoms with van der Waals surface area (Å²) in [6.45, 7) is 4.29. The Kier molecular flexibility index (Phi) is 2.82. The number of ether oxygens (including phenoxy) is 1. The summed E-state index contributed by atoms with van der Waals surface area (Å²) in [7, 11) is 0. The Hall–Kier alpha value is -0.670. The molecular weight excluding hydrogens is 218 g/mol. The van der Waals surface area contributed by atoms with Crippen molar-refractivity contribution in [1.29, 1.82) is 0 Å². The molecule has 0 saturated carbocycles. The third kappa shape index (κ3) is 1.94. The van der Waals surface area contributed by atoms with Crippen molar-refractivity contribution < 1.29 is 4.74 Å². The Morgan fingerprint density at radius 2 is 2.38 bits per heavy atom. The molecule has 3 rings (SSSR count). The molecule has 2 aliphatic heterocycles. The minimum atomic E-state index is 0.467. The first kappa shape index (κ1) is 10.5. The summed E-state index contributed by atoms with van der Waals surface area (Å²) in [5.74, 6) is 1.08. The molecule has 1 fully saturated rings. The molecule has 0 radical (unpaired) electrons. The maximum Gasteiger partial charge on any atom is 0.122 e. The standard InChI is InChI=1S/C13H17NOS/c1-9-4-6-14-13(16-9)11-2-3-12-10(8-11)5-7-15-12/h2-3,8-9,13-14H,4-7H2,1H3. The average Bonchev–Trinajstić information content (AvgIpc) is 2.75. The van der Waals surface area contributed by atoms with Crippen LogP contribution in [0.25, 0.3) is 0 Å². The third-order valence-electron chi connectivity index (χ3n) is 3.27. The van der Waals surface area contributed by atoms with Crippen LogP contribution in [0.4, 0.5) is 0 Å². The molecule has 0 amide bonds. The lowest BCUT2D eigenvalue weighted by Crippen LogP contribution is -2.28. The van der Waals surface area contributed by atoms with Gasteiger partial charge in [0.15, 0.2) is 0 Å². The van der Waals surface area contributed by atoms with Gasteiger partial charge in [-0.2, -0.15) is 0 Å². The first-order valence-electron chi connectivity index (χ1n) is 5.97. The summed E-state index contributed by atoms with van der Waals surface area (Å²) in [4.78, 5) is 0. The van der Waals surface area contributed by atoms with Gasteiger partial charge in [0.2, 0.25) is 0 Å². The first-order chi connectivity index (χ1) is 7.83. The van der Waals surface area contributed by atoms with Crippen LogP contribution >= 0.6 is 11.8 Å². The molecule has 2 heterocycles. The predicted octanol–water partition coefficient (Wildman–Crippen LogP) is 2.74. The normalized spacial score (nSPS) is 28.6. The van der Waals surface area contributed by atoms with Crippen LogP contribution in [0.1, 0.15) is 29.8 Å². The van der Waals surface area contributed by atoms with Gasteiger partial charge in [0.1, 0.15) is 5.75 Å². The fraction of sp³-hybridized carbons (Fsp3) is 0.538. The molecule has 0 spiro atoms. The molecule has 2 atom stereocenters. The topological polar surface area (TPSA) is 21.3 Å². The number of rotatable bonds is 1. The van der Waals surface area contributed by atoms with E-state index >= 15 is 0 Å². The van der Waals surface area contributed by atoms with Gasteiger partial charge in [-0.15, -0.1) is 11.8 Å². The molecule has 16 heavy (non-hydrogen) atoms. The van der Waals surface area contributed by atoms with Crippen LogP contribution in [0, 0.1) is 0 Å². The molecule has 3 heteroatoms. The van der Waals surface area contributed by atoms with E-state index < -0.39 is 0 Å². The highest BCUT2D eigenvalue weighted by molar-refractivity contribution is 8.00. The molecule has 0 aromatic heterocycles. The monoisotopic (exact) mass is 235 g/mol. The summed E-state index contributed by atoms with van der Waals surface area (Å²) in [6.07, 6.45) is 2.34. The van der Waals surface area contributed by atoms with Gasteiger partial charge in [-0.3, -0.25) is 0 Å². The van der Waals surface area contributed by atoms with Crippen molar-refractivity contribution in [1.82, 2.24) is 5.32 Å². The average molecular weight is 235 g/mol. The van der Waals surface area contributed by atoms with Gasteiger partial charge in [-0.25, -0.2) is 0 Å². The van der Waals surface area contributed by atoms with E-state index in [4.69, 9.17) is 4.74 Å². The van der Waals surface area contributed by atoms with E-state index in [9.17, 15) is 0 Å². The van der Waals surface area contributed by atoms with E-state index in [2.05, 4.69) is 30.4 Å². The Morgan fingerprint density at radius 1 is 1.44 bits per heavy atom. The zero-order valence-corrected chi connectivity index (χ0v) is 10.3.